The minimum absolute atomic E-state index is 0.739. The van der Waals surface area contributed by atoms with Crippen molar-refractivity contribution in [3.63, 3.8) is 0 Å². The predicted molar refractivity (Wildman–Crippen MR) is 154 cm³/mol. The van der Waals surface area contributed by atoms with Gasteiger partial charge < -0.3 is 20.7 Å². The SMILES string of the molecule is C1CC2C(CN1)CC1COCCN12.C1CC2CC3CNCCC3N2C1.C1CCN2C(C1)CC1CNCCC12. The highest BCUT2D eigenvalue weighted by Crippen LogP contribution is 2.39. The van der Waals surface area contributed by atoms with Gasteiger partial charge in [-0.2, -0.15) is 0 Å². The van der Waals surface area contributed by atoms with Crippen LogP contribution in [0.4, 0.5) is 0 Å². The minimum atomic E-state index is 0.739. The molecular weight excluding hydrogens is 472 g/mol. The van der Waals surface area contributed by atoms with E-state index in [4.69, 9.17) is 4.74 Å². The van der Waals surface area contributed by atoms with Crippen molar-refractivity contribution in [1.82, 2.24) is 30.7 Å². The van der Waals surface area contributed by atoms with Gasteiger partial charge in [0, 0.05) is 42.8 Å². The van der Waals surface area contributed by atoms with Crippen molar-refractivity contribution in [2.75, 3.05) is 72.1 Å². The summed E-state index contributed by atoms with van der Waals surface area (Å²) in [6.07, 6.45) is 15.8. The van der Waals surface area contributed by atoms with E-state index in [0.29, 0.717) is 0 Å². The molecule has 38 heavy (non-hydrogen) atoms. The van der Waals surface area contributed by atoms with E-state index in [1.807, 2.05) is 0 Å². The highest BCUT2D eigenvalue weighted by molar-refractivity contribution is 5.00. The second kappa shape index (κ2) is 12.3. The molecule has 7 nitrogen and oxygen atoms in total. The molecule has 0 saturated carbocycles. The third-order valence-electron chi connectivity index (χ3n) is 12.1. The molecule has 216 valence electrons. The van der Waals surface area contributed by atoms with E-state index in [0.717, 1.165) is 67.2 Å². The highest BCUT2D eigenvalue weighted by Gasteiger charge is 2.45. The summed E-state index contributed by atoms with van der Waals surface area (Å²) in [5.74, 6) is 2.88. The molecule has 9 aliphatic rings. The average molecular weight is 529 g/mol. The molecule has 9 unspecified atom stereocenters. The quantitative estimate of drug-likeness (QED) is 0.445. The molecule has 9 heterocycles. The first kappa shape index (κ1) is 26.6. The number of nitrogens with zero attached hydrogens (tertiary/aromatic N) is 3. The Hall–Kier alpha value is -0.280. The molecule has 3 N–H and O–H groups in total. The van der Waals surface area contributed by atoms with E-state index >= 15 is 0 Å². The smallest absolute Gasteiger partial charge is 0.0622 e. The summed E-state index contributed by atoms with van der Waals surface area (Å²) in [6, 6.07) is 5.45. The van der Waals surface area contributed by atoms with E-state index < -0.39 is 0 Å². The summed E-state index contributed by atoms with van der Waals surface area (Å²) in [4.78, 5) is 8.33. The second-order valence-corrected chi connectivity index (χ2v) is 14.1. The van der Waals surface area contributed by atoms with Crippen LogP contribution in [-0.2, 0) is 4.74 Å². The van der Waals surface area contributed by atoms with E-state index in [-0.39, 0.29) is 0 Å². The van der Waals surface area contributed by atoms with Crippen molar-refractivity contribution in [2.24, 2.45) is 17.8 Å². The maximum atomic E-state index is 5.53. The monoisotopic (exact) mass is 528 g/mol. The van der Waals surface area contributed by atoms with Crippen LogP contribution in [-0.4, -0.2) is 123 Å². The fourth-order valence-electron chi connectivity index (χ4n) is 10.4. The zero-order valence-electron chi connectivity index (χ0n) is 24.0. The summed E-state index contributed by atoms with van der Waals surface area (Å²) >= 11 is 0. The Morgan fingerprint density at radius 2 is 1.00 bits per heavy atom. The van der Waals surface area contributed by atoms with Gasteiger partial charge in [-0.15, -0.1) is 0 Å². The van der Waals surface area contributed by atoms with Crippen molar-refractivity contribution in [3.05, 3.63) is 0 Å². The van der Waals surface area contributed by atoms with Crippen LogP contribution >= 0.6 is 0 Å². The number of nitrogens with one attached hydrogen (secondary N) is 3. The Morgan fingerprint density at radius 1 is 0.500 bits per heavy atom. The van der Waals surface area contributed by atoms with Gasteiger partial charge in [0.2, 0.25) is 0 Å². The van der Waals surface area contributed by atoms with Crippen LogP contribution in [0.2, 0.25) is 0 Å². The number of hydrogen-bond acceptors (Lipinski definition) is 7. The molecule has 0 aliphatic carbocycles. The van der Waals surface area contributed by atoms with Crippen molar-refractivity contribution in [3.8, 4) is 0 Å². The number of fused-ring (bicyclic) bond motifs is 9. The molecule has 7 heteroatoms. The van der Waals surface area contributed by atoms with Crippen LogP contribution in [0.25, 0.3) is 0 Å². The van der Waals surface area contributed by atoms with Gasteiger partial charge >= 0.3 is 0 Å². The Kier molecular flexibility index (Phi) is 8.61. The normalized spacial score (nSPS) is 46.3. The van der Waals surface area contributed by atoms with Gasteiger partial charge in [-0.25, -0.2) is 0 Å². The molecule has 0 spiro atoms. The number of ether oxygens (including phenoxy) is 1. The summed E-state index contributed by atoms with van der Waals surface area (Å²) in [6.45, 7) is 13.4. The van der Waals surface area contributed by atoms with Crippen LogP contribution in [0.3, 0.4) is 0 Å². The summed E-state index contributed by atoms with van der Waals surface area (Å²) in [5, 5.41) is 10.6. The first-order chi connectivity index (χ1) is 18.8. The fourth-order valence-corrected chi connectivity index (χ4v) is 10.4. The Bertz CT molecular complexity index is 687. The van der Waals surface area contributed by atoms with E-state index in [1.165, 1.54) is 130 Å². The van der Waals surface area contributed by atoms with Crippen molar-refractivity contribution >= 4 is 0 Å². The number of rotatable bonds is 0. The van der Waals surface area contributed by atoms with Gasteiger partial charge in [-0.05, 0) is 134 Å². The van der Waals surface area contributed by atoms with E-state index in [2.05, 4.69) is 30.7 Å². The molecule has 9 saturated heterocycles. The summed E-state index contributed by atoms with van der Waals surface area (Å²) < 4.78 is 5.53. The van der Waals surface area contributed by atoms with Crippen LogP contribution in [0.1, 0.15) is 70.6 Å². The zero-order valence-corrected chi connectivity index (χ0v) is 24.0. The molecule has 0 aromatic heterocycles. The molecular formula is C31H56N6O. The highest BCUT2D eigenvalue weighted by atomic mass is 16.5. The van der Waals surface area contributed by atoms with Crippen molar-refractivity contribution in [2.45, 2.75) is 107 Å². The average Bonchev–Trinajstić information content (AvgIpc) is 3.74. The first-order valence-corrected chi connectivity index (χ1v) is 16.8. The number of piperidine rings is 4. The molecule has 0 aromatic rings. The lowest BCUT2D eigenvalue weighted by atomic mass is 9.92. The van der Waals surface area contributed by atoms with Gasteiger partial charge in [0.05, 0.1) is 13.2 Å². The van der Waals surface area contributed by atoms with E-state index in [1.54, 1.807) is 0 Å². The number of morpholine rings is 1. The maximum Gasteiger partial charge on any atom is 0.0622 e. The van der Waals surface area contributed by atoms with Crippen LogP contribution in [0.5, 0.6) is 0 Å². The largest absolute Gasteiger partial charge is 0.378 e. The van der Waals surface area contributed by atoms with Gasteiger partial charge in [0.1, 0.15) is 0 Å². The molecule has 0 bridgehead atoms. The lowest BCUT2D eigenvalue weighted by Crippen LogP contribution is -2.49. The Morgan fingerprint density at radius 3 is 1.61 bits per heavy atom. The Balaban J connectivity index is 0.0000000956. The first-order valence-electron chi connectivity index (χ1n) is 16.8. The topological polar surface area (TPSA) is 55.0 Å². The molecule has 9 rings (SSSR count). The van der Waals surface area contributed by atoms with E-state index in [9.17, 15) is 0 Å². The number of hydrogen-bond donors (Lipinski definition) is 3. The molecule has 9 atom stereocenters. The zero-order chi connectivity index (χ0) is 25.3. The molecule has 0 aromatic carbocycles. The van der Waals surface area contributed by atoms with Crippen LogP contribution in [0, 0.1) is 17.8 Å². The lowest BCUT2D eigenvalue weighted by molar-refractivity contribution is -0.00627. The second-order valence-electron chi connectivity index (χ2n) is 14.1. The lowest BCUT2D eigenvalue weighted by Gasteiger charge is -2.36. The standard InChI is InChI=1S/C11H20N2.C10H18N2O.C10H18N2/c1-2-6-13-10(3-1)7-9-8-12-5-4-11(9)13;1-2-11-6-8-5-9-7-13-4-3-12(9)10(1)8;1-2-9-6-8-7-11-4-3-10(8)12(9)5-1/h9-12H,1-8H2;8-11H,1-7H2;8-11H,1-7H2. The van der Waals surface area contributed by atoms with Gasteiger partial charge in [-0.3, -0.25) is 14.7 Å². The summed E-state index contributed by atoms with van der Waals surface area (Å²) in [7, 11) is 0. The molecule has 0 amide bonds. The van der Waals surface area contributed by atoms with Gasteiger partial charge in [-0.1, -0.05) is 6.42 Å². The molecule has 9 fully saturated rings. The van der Waals surface area contributed by atoms with Crippen LogP contribution in [0.15, 0.2) is 0 Å². The third kappa shape index (κ3) is 5.47. The fraction of sp³-hybridized carbons (Fsp3) is 1.00. The van der Waals surface area contributed by atoms with Gasteiger partial charge in [0.15, 0.2) is 0 Å². The van der Waals surface area contributed by atoms with Crippen molar-refractivity contribution < 1.29 is 4.74 Å². The van der Waals surface area contributed by atoms with Crippen LogP contribution < -0.4 is 16.0 Å². The molecule has 9 aliphatic heterocycles. The summed E-state index contributed by atoms with van der Waals surface area (Å²) in [5.41, 5.74) is 0. The minimum Gasteiger partial charge on any atom is -0.378 e. The maximum absolute atomic E-state index is 5.53. The molecule has 0 radical (unpaired) electrons. The third-order valence-corrected chi connectivity index (χ3v) is 12.1. The Labute approximate surface area is 232 Å². The van der Waals surface area contributed by atoms with Gasteiger partial charge in [0.25, 0.3) is 0 Å². The van der Waals surface area contributed by atoms with Crippen molar-refractivity contribution in [1.29, 1.82) is 0 Å². The predicted octanol–water partition coefficient (Wildman–Crippen LogP) is 2.12.